The molecule has 3 rings (SSSR count). The Morgan fingerprint density at radius 1 is 1.12 bits per heavy atom. The maximum Gasteiger partial charge on any atom is 0.306 e. The number of hydrogen-bond acceptors (Lipinski definition) is 5. The van der Waals surface area contributed by atoms with Crippen LogP contribution in [-0.4, -0.2) is 15.8 Å². The fourth-order valence-electron chi connectivity index (χ4n) is 2.17. The van der Waals surface area contributed by atoms with Crippen LogP contribution in [0.15, 0.2) is 76.8 Å². The van der Waals surface area contributed by atoms with Crippen LogP contribution >= 0.6 is 11.8 Å². The average molecular weight is 369 g/mol. The van der Waals surface area contributed by atoms with E-state index in [1.807, 2.05) is 30.3 Å². The first-order chi connectivity index (χ1) is 12.5. The molecule has 0 aliphatic carbocycles. The number of nitrogens with one attached hydrogen (secondary N) is 1. The van der Waals surface area contributed by atoms with Crippen molar-refractivity contribution in [1.82, 2.24) is 4.98 Å². The predicted molar refractivity (Wildman–Crippen MR) is 95.8 cm³/mol. The van der Waals surface area contributed by atoms with E-state index in [-0.39, 0.29) is 5.69 Å². The lowest BCUT2D eigenvalue weighted by Crippen LogP contribution is -2.14. The van der Waals surface area contributed by atoms with Gasteiger partial charge in [-0.2, -0.15) is 4.39 Å². The van der Waals surface area contributed by atoms with Crippen molar-refractivity contribution in [2.45, 2.75) is 9.92 Å². The minimum Gasteiger partial charge on any atom is -0.322 e. The number of nitro groups is 1. The van der Waals surface area contributed by atoms with Crippen molar-refractivity contribution < 1.29 is 14.1 Å². The Hall–Kier alpha value is -3.26. The molecular formula is C18H12FN3O3S. The maximum atomic E-state index is 13.4. The van der Waals surface area contributed by atoms with E-state index in [1.54, 1.807) is 18.3 Å². The van der Waals surface area contributed by atoms with E-state index in [0.717, 1.165) is 17.0 Å². The number of anilines is 1. The summed E-state index contributed by atoms with van der Waals surface area (Å²) in [5, 5.41) is 13.9. The van der Waals surface area contributed by atoms with E-state index >= 15 is 0 Å². The van der Waals surface area contributed by atoms with E-state index in [1.165, 1.54) is 17.8 Å². The standard InChI is InChI=1S/C18H12FN3O3S/c19-15-9-8-12(11-16(15)22(24)25)21-17(23)14-7-4-10-20-18(14)26-13-5-2-1-3-6-13/h1-11H,(H,21,23). The second-order valence-electron chi connectivity index (χ2n) is 5.15. The molecule has 0 aliphatic heterocycles. The van der Waals surface area contributed by atoms with Crippen molar-refractivity contribution in [3.05, 3.63) is 88.4 Å². The zero-order chi connectivity index (χ0) is 18.5. The number of benzene rings is 2. The van der Waals surface area contributed by atoms with Crippen LogP contribution in [0.4, 0.5) is 15.8 Å². The Morgan fingerprint density at radius 2 is 1.88 bits per heavy atom. The molecule has 1 amide bonds. The zero-order valence-electron chi connectivity index (χ0n) is 13.3. The Morgan fingerprint density at radius 3 is 2.62 bits per heavy atom. The van der Waals surface area contributed by atoms with Crippen molar-refractivity contribution in [1.29, 1.82) is 0 Å². The molecule has 130 valence electrons. The molecule has 0 saturated carbocycles. The van der Waals surface area contributed by atoms with Gasteiger partial charge < -0.3 is 5.32 Å². The van der Waals surface area contributed by atoms with Crippen LogP contribution in [0, 0.1) is 15.9 Å². The molecule has 1 aromatic heterocycles. The number of nitro benzene ring substituents is 1. The number of halogens is 1. The summed E-state index contributed by atoms with van der Waals surface area (Å²) in [4.78, 5) is 27.7. The molecule has 3 aromatic rings. The number of aromatic nitrogens is 1. The highest BCUT2D eigenvalue weighted by molar-refractivity contribution is 7.99. The summed E-state index contributed by atoms with van der Waals surface area (Å²) in [5.41, 5.74) is -0.260. The lowest BCUT2D eigenvalue weighted by atomic mass is 10.2. The predicted octanol–water partition coefficient (Wildman–Crippen LogP) is 4.53. The van der Waals surface area contributed by atoms with E-state index in [4.69, 9.17) is 0 Å². The summed E-state index contributed by atoms with van der Waals surface area (Å²) in [7, 11) is 0. The van der Waals surface area contributed by atoms with Crippen LogP contribution in [-0.2, 0) is 0 Å². The third-order valence-corrected chi connectivity index (χ3v) is 4.40. The molecule has 0 saturated heterocycles. The Bertz CT molecular complexity index is 967. The molecule has 8 heteroatoms. The van der Waals surface area contributed by atoms with Crippen molar-refractivity contribution in [2.24, 2.45) is 0 Å². The molecule has 0 radical (unpaired) electrons. The van der Waals surface area contributed by atoms with Crippen LogP contribution in [0.1, 0.15) is 10.4 Å². The van der Waals surface area contributed by atoms with Crippen molar-refractivity contribution in [3.63, 3.8) is 0 Å². The Balaban J connectivity index is 1.85. The van der Waals surface area contributed by atoms with Gasteiger partial charge in [0.1, 0.15) is 5.03 Å². The highest BCUT2D eigenvalue weighted by Gasteiger charge is 2.18. The number of pyridine rings is 1. The summed E-state index contributed by atoms with van der Waals surface area (Å²) in [5.74, 6) is -1.45. The lowest BCUT2D eigenvalue weighted by molar-refractivity contribution is -0.387. The van der Waals surface area contributed by atoms with Gasteiger partial charge in [-0.25, -0.2) is 4.98 Å². The van der Waals surface area contributed by atoms with Crippen molar-refractivity contribution in [3.8, 4) is 0 Å². The molecule has 0 atom stereocenters. The zero-order valence-corrected chi connectivity index (χ0v) is 14.1. The molecule has 1 heterocycles. The van der Waals surface area contributed by atoms with Gasteiger partial charge in [-0.15, -0.1) is 0 Å². The van der Waals surface area contributed by atoms with Gasteiger partial charge in [0.15, 0.2) is 0 Å². The van der Waals surface area contributed by atoms with E-state index < -0.39 is 22.3 Å². The third-order valence-electron chi connectivity index (χ3n) is 3.37. The monoisotopic (exact) mass is 369 g/mol. The van der Waals surface area contributed by atoms with Crippen LogP contribution in [0.2, 0.25) is 0 Å². The maximum absolute atomic E-state index is 13.4. The normalized spacial score (nSPS) is 10.3. The second kappa shape index (κ2) is 7.75. The summed E-state index contributed by atoms with van der Waals surface area (Å²) in [6, 6.07) is 15.8. The molecule has 0 bridgehead atoms. The van der Waals surface area contributed by atoms with Crippen LogP contribution in [0.5, 0.6) is 0 Å². The number of amides is 1. The molecule has 0 aliphatic rings. The van der Waals surface area contributed by atoms with Gasteiger partial charge in [0.05, 0.1) is 10.5 Å². The Kier molecular flexibility index (Phi) is 5.23. The smallest absolute Gasteiger partial charge is 0.306 e. The molecule has 2 aromatic carbocycles. The van der Waals surface area contributed by atoms with E-state index in [2.05, 4.69) is 10.3 Å². The number of carbonyl (C=O) groups excluding carboxylic acids is 1. The highest BCUT2D eigenvalue weighted by atomic mass is 32.2. The first kappa shape index (κ1) is 17.6. The highest BCUT2D eigenvalue weighted by Crippen LogP contribution is 2.29. The summed E-state index contributed by atoms with van der Waals surface area (Å²) >= 11 is 1.32. The first-order valence-corrected chi connectivity index (χ1v) is 8.29. The molecule has 0 unspecified atom stereocenters. The fourth-order valence-corrected chi connectivity index (χ4v) is 3.07. The van der Waals surface area contributed by atoms with E-state index in [9.17, 15) is 19.3 Å². The fraction of sp³-hybridized carbons (Fsp3) is 0. The van der Waals surface area contributed by atoms with Gasteiger partial charge in [0.2, 0.25) is 5.82 Å². The molecular weight excluding hydrogens is 357 g/mol. The minimum absolute atomic E-state index is 0.127. The van der Waals surface area contributed by atoms with Crippen LogP contribution in [0.25, 0.3) is 0 Å². The van der Waals surface area contributed by atoms with Crippen molar-refractivity contribution in [2.75, 3.05) is 5.32 Å². The average Bonchev–Trinajstić information content (AvgIpc) is 2.64. The van der Waals surface area contributed by atoms with Gasteiger partial charge in [-0.1, -0.05) is 30.0 Å². The number of carbonyl (C=O) groups is 1. The summed E-state index contributed by atoms with van der Waals surface area (Å²) in [6.07, 6.45) is 1.57. The largest absolute Gasteiger partial charge is 0.322 e. The first-order valence-electron chi connectivity index (χ1n) is 7.48. The summed E-state index contributed by atoms with van der Waals surface area (Å²) in [6.45, 7) is 0. The SMILES string of the molecule is O=C(Nc1ccc(F)c([N+](=O)[O-])c1)c1cccnc1Sc1ccccc1. The number of rotatable bonds is 5. The van der Waals surface area contributed by atoms with Gasteiger partial charge in [-0.05, 0) is 36.4 Å². The molecule has 26 heavy (non-hydrogen) atoms. The minimum atomic E-state index is -0.963. The quantitative estimate of drug-likeness (QED) is 0.527. The molecule has 0 fully saturated rings. The topological polar surface area (TPSA) is 85.1 Å². The van der Waals surface area contributed by atoms with Gasteiger partial charge in [0.25, 0.3) is 5.91 Å². The van der Waals surface area contributed by atoms with Gasteiger partial charge in [-0.3, -0.25) is 14.9 Å². The van der Waals surface area contributed by atoms with Gasteiger partial charge in [0, 0.05) is 22.8 Å². The van der Waals surface area contributed by atoms with Crippen LogP contribution in [0.3, 0.4) is 0 Å². The molecule has 1 N–H and O–H groups in total. The number of hydrogen-bond donors (Lipinski definition) is 1. The van der Waals surface area contributed by atoms with Crippen LogP contribution < -0.4 is 5.32 Å². The number of nitrogens with zero attached hydrogens (tertiary/aromatic N) is 2. The summed E-state index contributed by atoms with van der Waals surface area (Å²) < 4.78 is 13.4. The van der Waals surface area contributed by atoms with Gasteiger partial charge >= 0.3 is 5.69 Å². The second-order valence-corrected chi connectivity index (χ2v) is 6.21. The third kappa shape index (κ3) is 4.04. The lowest BCUT2D eigenvalue weighted by Gasteiger charge is -2.09. The Labute approximate surface area is 152 Å². The van der Waals surface area contributed by atoms with E-state index in [0.29, 0.717) is 10.6 Å². The van der Waals surface area contributed by atoms with Crippen molar-refractivity contribution >= 4 is 29.0 Å². The molecule has 0 spiro atoms. The molecule has 6 nitrogen and oxygen atoms in total.